The first-order valence-corrected chi connectivity index (χ1v) is 5.84. The summed E-state index contributed by atoms with van der Waals surface area (Å²) < 4.78 is 0. The Kier molecular flexibility index (Phi) is 4.57. The molecule has 0 spiro atoms. The highest BCUT2D eigenvalue weighted by Gasteiger charge is 1.88. The van der Waals surface area contributed by atoms with Crippen LogP contribution in [-0.2, 0) is 0 Å². The largest absolute Gasteiger partial charge is 0.763 e. The van der Waals surface area contributed by atoms with Crippen LogP contribution in [0.3, 0.4) is 0 Å². The van der Waals surface area contributed by atoms with E-state index in [0.717, 1.165) is 11.4 Å². The van der Waals surface area contributed by atoms with Gasteiger partial charge in [0.15, 0.2) is 0 Å². The normalized spacial score (nSPS) is 10.7. The predicted molar refractivity (Wildman–Crippen MR) is 81.1 cm³/mol. The molecule has 2 aromatic rings. The molecule has 0 heterocycles. The molecule has 3 nitrogen and oxygen atoms in total. The lowest BCUT2D eigenvalue weighted by molar-refractivity contribution is 1.53. The molecule has 2 rings (SSSR count). The zero-order valence-electron chi connectivity index (χ0n) is 10.3. The number of aliphatic imine (C=N–C) groups is 2. The van der Waals surface area contributed by atoms with Crippen molar-refractivity contribution in [2.75, 3.05) is 0 Å². The fourth-order valence-electron chi connectivity index (χ4n) is 1.41. The van der Waals surface area contributed by atoms with Crippen LogP contribution >= 0.6 is 0 Å². The molecule has 2 aromatic carbocycles. The van der Waals surface area contributed by atoms with E-state index in [1.165, 1.54) is 12.4 Å². The second kappa shape index (κ2) is 6.84. The number of nitrogens with zero attached hydrogens (tertiary/aromatic N) is 3. The monoisotopic (exact) mass is 246 g/mol. The summed E-state index contributed by atoms with van der Waals surface area (Å²) in [6.07, 6.45) is 3.03. The molecule has 0 amide bonds. The van der Waals surface area contributed by atoms with Crippen LogP contribution < -0.4 is 0 Å². The second-order valence-corrected chi connectivity index (χ2v) is 3.75. The molecule has 0 aromatic heterocycles. The molecule has 0 aliphatic carbocycles. The van der Waals surface area contributed by atoms with Crippen LogP contribution in [0.4, 0.5) is 11.4 Å². The Morgan fingerprint density at radius 3 is 1.58 bits per heavy atom. The second-order valence-electron chi connectivity index (χ2n) is 3.75. The van der Waals surface area contributed by atoms with Crippen LogP contribution in [0, 0.1) is 0 Å². The average Bonchev–Trinajstić information content (AvgIpc) is 2.49. The van der Waals surface area contributed by atoms with Crippen LogP contribution in [0.1, 0.15) is 0 Å². The van der Waals surface area contributed by atoms with E-state index in [-0.39, 0.29) is 0 Å². The summed E-state index contributed by atoms with van der Waals surface area (Å²) in [4.78, 5) is 8.43. The van der Waals surface area contributed by atoms with Gasteiger partial charge in [-0.05, 0) is 24.3 Å². The smallest absolute Gasteiger partial charge is 0.0630 e. The number of hydrogen-bond donors (Lipinski definition) is 0. The van der Waals surface area contributed by atoms with E-state index in [9.17, 15) is 0 Å². The molecule has 0 radical (unpaired) electrons. The summed E-state index contributed by atoms with van der Waals surface area (Å²) >= 11 is 0. The maximum Gasteiger partial charge on any atom is 0.0630 e. The Bertz CT molecular complexity index is 570. The molecule has 0 aliphatic rings. The van der Waals surface area contributed by atoms with E-state index in [2.05, 4.69) is 15.9 Å². The van der Waals surface area contributed by atoms with Crippen molar-refractivity contribution in [1.82, 2.24) is 0 Å². The van der Waals surface area contributed by atoms with Gasteiger partial charge in [-0.3, -0.25) is 15.9 Å². The summed E-state index contributed by atoms with van der Waals surface area (Å²) in [5.74, 6) is 2.06. The van der Waals surface area contributed by atoms with Crippen molar-refractivity contribution in [2.45, 2.75) is 0 Å². The molecule has 0 saturated heterocycles. The van der Waals surface area contributed by atoms with Gasteiger partial charge in [-0.1, -0.05) is 36.4 Å². The van der Waals surface area contributed by atoms with Crippen molar-refractivity contribution in [2.24, 2.45) is 9.98 Å². The van der Waals surface area contributed by atoms with Crippen molar-refractivity contribution in [3.05, 3.63) is 71.6 Å². The lowest BCUT2D eigenvalue weighted by Crippen LogP contribution is -1.86. The van der Waals surface area contributed by atoms with E-state index in [0.29, 0.717) is 5.57 Å². The first kappa shape index (κ1) is 12.7. The van der Waals surface area contributed by atoms with Gasteiger partial charge in [0, 0.05) is 18.0 Å². The van der Waals surface area contributed by atoms with Crippen LogP contribution in [0.2, 0.25) is 0 Å². The maximum atomic E-state index is 9.01. The summed E-state index contributed by atoms with van der Waals surface area (Å²) in [5, 5.41) is 9.01. The Morgan fingerprint density at radius 2 is 1.21 bits per heavy atom. The minimum Gasteiger partial charge on any atom is -0.763 e. The molecule has 19 heavy (non-hydrogen) atoms. The Hall–Kier alpha value is -2.77. The number of benzene rings is 2. The van der Waals surface area contributed by atoms with Crippen molar-refractivity contribution in [3.63, 3.8) is 0 Å². The minimum absolute atomic E-state index is 0.410. The zero-order chi connectivity index (χ0) is 13.3. The number of allylic oxidation sites excluding steroid dienone is 1. The molecule has 0 unspecified atom stereocenters. The molecule has 0 atom stereocenters. The van der Waals surface area contributed by atoms with Gasteiger partial charge < -0.3 is 5.41 Å². The van der Waals surface area contributed by atoms with Gasteiger partial charge in [-0.2, -0.15) is 0 Å². The molecule has 3 heteroatoms. The van der Waals surface area contributed by atoms with Crippen LogP contribution in [0.15, 0.2) is 76.2 Å². The van der Waals surface area contributed by atoms with Crippen LogP contribution in [0.5, 0.6) is 0 Å². The van der Waals surface area contributed by atoms with Gasteiger partial charge in [-0.15, -0.1) is 0 Å². The molecule has 92 valence electrons. The summed E-state index contributed by atoms with van der Waals surface area (Å²) in [7, 11) is 0. The van der Waals surface area contributed by atoms with Gasteiger partial charge in [-0.25, -0.2) is 0 Å². The van der Waals surface area contributed by atoms with Gasteiger partial charge in [0.05, 0.1) is 11.4 Å². The Balaban J connectivity index is 2.08. The first-order valence-electron chi connectivity index (χ1n) is 5.84. The molecular weight excluding hydrogens is 234 g/mol. The number of hydrogen-bond acceptors (Lipinski definition) is 2. The van der Waals surface area contributed by atoms with Gasteiger partial charge >= 0.3 is 0 Å². The van der Waals surface area contributed by atoms with Crippen molar-refractivity contribution >= 4 is 29.7 Å². The lowest BCUT2D eigenvalue weighted by Gasteiger charge is -1.94. The van der Waals surface area contributed by atoms with Crippen LogP contribution in [0.25, 0.3) is 5.41 Å². The van der Waals surface area contributed by atoms with Crippen molar-refractivity contribution in [3.8, 4) is 0 Å². The SMILES string of the molecule is [N-]=C=C(C=Nc1ccccc1)C=Nc1ccccc1. The van der Waals surface area contributed by atoms with Gasteiger partial charge in [0.2, 0.25) is 0 Å². The van der Waals surface area contributed by atoms with Crippen molar-refractivity contribution < 1.29 is 0 Å². The highest BCUT2D eigenvalue weighted by molar-refractivity contribution is 6.13. The van der Waals surface area contributed by atoms with E-state index in [1.54, 1.807) is 0 Å². The fourth-order valence-corrected chi connectivity index (χ4v) is 1.41. The summed E-state index contributed by atoms with van der Waals surface area (Å²) in [6, 6.07) is 18.9. The first-order chi connectivity index (χ1) is 9.38. The molecule has 0 saturated carbocycles. The number of para-hydroxylation sites is 2. The zero-order valence-corrected chi connectivity index (χ0v) is 10.3. The predicted octanol–water partition coefficient (Wildman–Crippen LogP) is 3.96. The fraction of sp³-hybridized carbons (Fsp3) is 0. The third-order valence-electron chi connectivity index (χ3n) is 2.35. The maximum absolute atomic E-state index is 9.01. The van der Waals surface area contributed by atoms with E-state index in [4.69, 9.17) is 5.41 Å². The van der Waals surface area contributed by atoms with E-state index < -0.39 is 0 Å². The average molecular weight is 246 g/mol. The number of rotatable bonds is 4. The molecule has 0 fully saturated rings. The topological polar surface area (TPSA) is 47.0 Å². The van der Waals surface area contributed by atoms with Gasteiger partial charge in [0.25, 0.3) is 0 Å². The molecule has 0 N–H and O–H groups in total. The summed E-state index contributed by atoms with van der Waals surface area (Å²) in [5.41, 5.74) is 2.03. The Labute approximate surface area is 112 Å². The quantitative estimate of drug-likeness (QED) is 0.733. The lowest BCUT2D eigenvalue weighted by atomic mass is 10.3. The van der Waals surface area contributed by atoms with E-state index >= 15 is 0 Å². The van der Waals surface area contributed by atoms with Crippen LogP contribution in [-0.4, -0.2) is 18.3 Å². The highest BCUT2D eigenvalue weighted by atomic mass is 14.7. The Morgan fingerprint density at radius 1 is 0.789 bits per heavy atom. The highest BCUT2D eigenvalue weighted by Crippen LogP contribution is 2.10. The van der Waals surface area contributed by atoms with E-state index in [1.807, 2.05) is 60.7 Å². The third kappa shape index (κ3) is 4.19. The third-order valence-corrected chi connectivity index (χ3v) is 2.35. The molecular formula is C16H12N3-. The summed E-state index contributed by atoms with van der Waals surface area (Å²) in [6.45, 7) is 0. The van der Waals surface area contributed by atoms with Gasteiger partial charge in [0.1, 0.15) is 0 Å². The van der Waals surface area contributed by atoms with Crippen molar-refractivity contribution in [1.29, 1.82) is 0 Å². The minimum atomic E-state index is 0.410. The molecule has 0 bridgehead atoms. The standard InChI is InChI=1S/C16H12N3/c17-11-14(12-18-15-7-3-1-4-8-15)13-19-16-9-5-2-6-10-16/h1-10,12-13H/q-1. The molecule has 0 aliphatic heterocycles.